The van der Waals surface area contributed by atoms with Gasteiger partial charge in [-0.1, -0.05) is 42.5 Å². The van der Waals surface area contributed by atoms with Crippen LogP contribution >= 0.6 is 0 Å². The van der Waals surface area contributed by atoms with Crippen LogP contribution in [0.15, 0.2) is 54.6 Å². The van der Waals surface area contributed by atoms with Gasteiger partial charge >= 0.3 is 0 Å². The molecule has 0 N–H and O–H groups in total. The molecule has 2 amide bonds. The van der Waals surface area contributed by atoms with Crippen molar-refractivity contribution in [2.45, 2.75) is 33.2 Å². The van der Waals surface area contributed by atoms with Gasteiger partial charge in [-0.3, -0.25) is 9.59 Å². The van der Waals surface area contributed by atoms with Crippen LogP contribution in [0, 0.1) is 6.92 Å². The van der Waals surface area contributed by atoms with Gasteiger partial charge in [0.1, 0.15) is 0 Å². The number of benzene rings is 2. The van der Waals surface area contributed by atoms with Crippen molar-refractivity contribution in [3.05, 3.63) is 65.7 Å². The quantitative estimate of drug-likeness (QED) is 0.753. The summed E-state index contributed by atoms with van der Waals surface area (Å²) in [5, 5.41) is 0. The lowest BCUT2D eigenvalue weighted by Gasteiger charge is -2.37. The zero-order valence-corrected chi connectivity index (χ0v) is 17.7. The van der Waals surface area contributed by atoms with Gasteiger partial charge in [-0.25, -0.2) is 0 Å². The molecule has 1 aliphatic heterocycles. The molecular weight excluding hydrogens is 362 g/mol. The number of hydrogen-bond acceptors (Lipinski definition) is 3. The summed E-state index contributed by atoms with van der Waals surface area (Å²) in [5.74, 6) is 0.124. The van der Waals surface area contributed by atoms with Gasteiger partial charge in [-0.05, 0) is 37.1 Å². The Kier molecular flexibility index (Phi) is 6.91. The second kappa shape index (κ2) is 9.59. The van der Waals surface area contributed by atoms with E-state index in [9.17, 15) is 9.59 Å². The van der Waals surface area contributed by atoms with Crippen LogP contribution in [0.4, 0.5) is 5.69 Å². The summed E-state index contributed by atoms with van der Waals surface area (Å²) in [5.41, 5.74) is 3.55. The summed E-state index contributed by atoms with van der Waals surface area (Å²) in [7, 11) is 0. The highest BCUT2D eigenvalue weighted by molar-refractivity contribution is 5.78. The molecule has 1 fully saturated rings. The third kappa shape index (κ3) is 5.37. The van der Waals surface area contributed by atoms with Crippen molar-refractivity contribution in [3.63, 3.8) is 0 Å². The number of carbonyl (C=O) groups is 2. The van der Waals surface area contributed by atoms with Crippen molar-refractivity contribution < 1.29 is 9.59 Å². The maximum absolute atomic E-state index is 12.8. The van der Waals surface area contributed by atoms with E-state index < -0.39 is 0 Å². The van der Waals surface area contributed by atoms with E-state index in [1.54, 1.807) is 11.8 Å². The van der Waals surface area contributed by atoms with Crippen molar-refractivity contribution in [1.82, 2.24) is 9.80 Å². The minimum Gasteiger partial charge on any atom is -0.368 e. The highest BCUT2D eigenvalue weighted by Crippen LogP contribution is 2.21. The highest BCUT2D eigenvalue weighted by atomic mass is 16.2. The fourth-order valence-corrected chi connectivity index (χ4v) is 3.95. The molecule has 1 aliphatic rings. The Balaban J connectivity index is 1.53. The lowest BCUT2D eigenvalue weighted by Crippen LogP contribution is -2.49. The Morgan fingerprint density at radius 1 is 1.00 bits per heavy atom. The van der Waals surface area contributed by atoms with Gasteiger partial charge in [0.2, 0.25) is 11.8 Å². The van der Waals surface area contributed by atoms with Gasteiger partial charge in [0.05, 0.1) is 6.04 Å². The molecule has 1 unspecified atom stereocenters. The topological polar surface area (TPSA) is 43.9 Å². The van der Waals surface area contributed by atoms with Crippen molar-refractivity contribution in [1.29, 1.82) is 0 Å². The minimum atomic E-state index is -0.0420. The van der Waals surface area contributed by atoms with Gasteiger partial charge < -0.3 is 14.7 Å². The Labute approximate surface area is 173 Å². The number of rotatable bonds is 6. The third-order valence-corrected chi connectivity index (χ3v) is 5.72. The van der Waals surface area contributed by atoms with Crippen LogP contribution in [0.1, 0.15) is 37.4 Å². The first-order valence-corrected chi connectivity index (χ1v) is 10.4. The van der Waals surface area contributed by atoms with E-state index in [2.05, 4.69) is 36.1 Å². The van der Waals surface area contributed by atoms with Crippen LogP contribution in [0.2, 0.25) is 0 Å². The summed E-state index contributed by atoms with van der Waals surface area (Å²) in [6.07, 6.45) is 0.362. The smallest absolute Gasteiger partial charge is 0.224 e. The van der Waals surface area contributed by atoms with Crippen LogP contribution in [-0.4, -0.2) is 54.3 Å². The average Bonchev–Trinajstić information content (AvgIpc) is 2.74. The zero-order chi connectivity index (χ0) is 20.8. The Hall–Kier alpha value is -2.82. The summed E-state index contributed by atoms with van der Waals surface area (Å²) < 4.78 is 0. The molecule has 2 aromatic carbocycles. The monoisotopic (exact) mass is 393 g/mol. The molecule has 3 rings (SSSR count). The van der Waals surface area contributed by atoms with E-state index in [4.69, 9.17) is 0 Å². The molecule has 0 bridgehead atoms. The maximum Gasteiger partial charge on any atom is 0.224 e. The Morgan fingerprint density at radius 2 is 1.69 bits per heavy atom. The number of amides is 2. The van der Waals surface area contributed by atoms with E-state index in [0.29, 0.717) is 13.0 Å². The summed E-state index contributed by atoms with van der Waals surface area (Å²) in [6, 6.07) is 18.4. The van der Waals surface area contributed by atoms with Gasteiger partial charge in [0, 0.05) is 51.8 Å². The number of aryl methyl sites for hydroxylation is 1. The molecule has 1 heterocycles. The molecule has 5 heteroatoms. The number of hydrogen-bond donors (Lipinski definition) is 0. The number of piperazine rings is 1. The second-order valence-electron chi connectivity index (χ2n) is 7.76. The predicted octanol–water partition coefficient (Wildman–Crippen LogP) is 3.64. The zero-order valence-electron chi connectivity index (χ0n) is 17.7. The molecule has 1 atom stereocenters. The van der Waals surface area contributed by atoms with Crippen molar-refractivity contribution in [2.75, 3.05) is 37.6 Å². The molecule has 5 nitrogen and oxygen atoms in total. The van der Waals surface area contributed by atoms with Gasteiger partial charge in [-0.15, -0.1) is 0 Å². The summed E-state index contributed by atoms with van der Waals surface area (Å²) >= 11 is 0. The lowest BCUT2D eigenvalue weighted by atomic mass is 10.1. The SMILES string of the molecule is CC(=O)N(CCC(=O)N1CCN(c2cccc(C)c2)CC1)C(C)c1ccccc1. The maximum atomic E-state index is 12.8. The molecule has 2 aromatic rings. The molecule has 0 aliphatic carbocycles. The van der Waals surface area contributed by atoms with E-state index >= 15 is 0 Å². The first-order chi connectivity index (χ1) is 14.0. The van der Waals surface area contributed by atoms with Gasteiger partial charge in [-0.2, -0.15) is 0 Å². The molecule has 0 spiro atoms. The number of anilines is 1. The first kappa shape index (κ1) is 20.9. The van der Waals surface area contributed by atoms with Crippen LogP contribution in [0.5, 0.6) is 0 Å². The van der Waals surface area contributed by atoms with Crippen LogP contribution in [0.25, 0.3) is 0 Å². The van der Waals surface area contributed by atoms with E-state index in [1.165, 1.54) is 11.3 Å². The van der Waals surface area contributed by atoms with Crippen molar-refractivity contribution in [2.24, 2.45) is 0 Å². The Morgan fingerprint density at radius 3 is 2.31 bits per heavy atom. The average molecular weight is 394 g/mol. The van der Waals surface area contributed by atoms with E-state index in [1.807, 2.05) is 42.2 Å². The molecule has 154 valence electrons. The third-order valence-electron chi connectivity index (χ3n) is 5.72. The van der Waals surface area contributed by atoms with Gasteiger partial charge in [0.25, 0.3) is 0 Å². The highest BCUT2D eigenvalue weighted by Gasteiger charge is 2.24. The Bertz CT molecular complexity index is 829. The molecule has 29 heavy (non-hydrogen) atoms. The predicted molar refractivity (Wildman–Crippen MR) is 117 cm³/mol. The molecule has 0 radical (unpaired) electrons. The summed E-state index contributed by atoms with van der Waals surface area (Å²) in [6.45, 7) is 9.26. The van der Waals surface area contributed by atoms with Crippen LogP contribution in [-0.2, 0) is 9.59 Å². The van der Waals surface area contributed by atoms with E-state index in [-0.39, 0.29) is 17.9 Å². The van der Waals surface area contributed by atoms with Gasteiger partial charge in [0.15, 0.2) is 0 Å². The largest absolute Gasteiger partial charge is 0.368 e. The van der Waals surface area contributed by atoms with Crippen molar-refractivity contribution >= 4 is 17.5 Å². The van der Waals surface area contributed by atoms with Crippen LogP contribution < -0.4 is 4.90 Å². The fourth-order valence-electron chi connectivity index (χ4n) is 3.95. The standard InChI is InChI=1S/C24H31N3O2/c1-19-8-7-11-23(18-19)25-14-16-26(17-15-25)24(29)12-13-27(21(3)28)20(2)22-9-5-4-6-10-22/h4-11,18,20H,12-17H2,1-3H3. The molecule has 1 saturated heterocycles. The van der Waals surface area contributed by atoms with Crippen LogP contribution in [0.3, 0.4) is 0 Å². The fraction of sp³-hybridized carbons (Fsp3) is 0.417. The first-order valence-electron chi connectivity index (χ1n) is 10.4. The lowest BCUT2D eigenvalue weighted by molar-refractivity contribution is -0.134. The minimum absolute atomic E-state index is 0.00146. The number of nitrogens with zero attached hydrogens (tertiary/aromatic N) is 3. The molecule has 0 aromatic heterocycles. The summed E-state index contributed by atoms with van der Waals surface area (Å²) in [4.78, 5) is 31.0. The van der Waals surface area contributed by atoms with Crippen molar-refractivity contribution in [3.8, 4) is 0 Å². The number of carbonyl (C=O) groups excluding carboxylic acids is 2. The second-order valence-corrected chi connectivity index (χ2v) is 7.76. The normalized spacial score (nSPS) is 15.1. The molecule has 0 saturated carbocycles. The molecular formula is C24H31N3O2. The van der Waals surface area contributed by atoms with E-state index in [0.717, 1.165) is 31.7 Å².